The normalized spacial score (nSPS) is 17.9. The molecular weight excluding hydrogens is 408 g/mol. The Balaban J connectivity index is 1.79. The van der Waals surface area contributed by atoms with Crippen LogP contribution in [0.3, 0.4) is 0 Å². The van der Waals surface area contributed by atoms with E-state index in [1.807, 2.05) is 12.1 Å². The fourth-order valence-electron chi connectivity index (χ4n) is 4.14. The highest BCUT2D eigenvalue weighted by Gasteiger charge is 2.42. The zero-order valence-corrected chi connectivity index (χ0v) is 17.6. The number of hydrogen-bond acceptors (Lipinski definition) is 7. The van der Waals surface area contributed by atoms with Crippen LogP contribution in [-0.4, -0.2) is 18.9 Å². The van der Waals surface area contributed by atoms with E-state index in [4.69, 9.17) is 19.9 Å². The van der Waals surface area contributed by atoms with E-state index in [2.05, 4.69) is 6.07 Å². The van der Waals surface area contributed by atoms with Gasteiger partial charge >= 0.3 is 5.97 Å². The van der Waals surface area contributed by atoms with E-state index < -0.39 is 11.9 Å². The highest BCUT2D eigenvalue weighted by molar-refractivity contribution is 6.03. The Morgan fingerprint density at radius 2 is 1.94 bits per heavy atom. The first-order chi connectivity index (χ1) is 15.5. The minimum absolute atomic E-state index is 0.0695. The van der Waals surface area contributed by atoms with Crippen molar-refractivity contribution in [3.8, 4) is 11.8 Å². The third-order valence-corrected chi connectivity index (χ3v) is 5.64. The smallest absolute Gasteiger partial charge is 0.340 e. The fourth-order valence-corrected chi connectivity index (χ4v) is 4.14. The number of allylic oxidation sites excluding steroid dienone is 2. The van der Waals surface area contributed by atoms with Crippen molar-refractivity contribution < 1.29 is 23.8 Å². The molecule has 1 atom stereocenters. The number of esters is 1. The standard InChI is InChI=1S/C25H22N2O5/c1-30-25(29)23-21(22-18(28)10-6-12-20(22)32-24(23)27)17-9-4-5-11-19(17)31-14-16-8-3-2-7-15(16)13-26/h2-5,7-9,11,21H,6,10,12,14,27H2,1H3/t21-/m0/s1. The third kappa shape index (κ3) is 3.83. The lowest BCUT2D eigenvalue weighted by molar-refractivity contribution is -0.136. The van der Waals surface area contributed by atoms with Gasteiger partial charge in [0.1, 0.15) is 23.7 Å². The van der Waals surface area contributed by atoms with Gasteiger partial charge in [0, 0.05) is 29.5 Å². The monoisotopic (exact) mass is 430 g/mol. The summed E-state index contributed by atoms with van der Waals surface area (Å²) in [6.07, 6.45) is 1.59. The second-order valence-corrected chi connectivity index (χ2v) is 7.51. The van der Waals surface area contributed by atoms with Crippen LogP contribution < -0.4 is 10.5 Å². The van der Waals surface area contributed by atoms with Crippen molar-refractivity contribution in [3.63, 3.8) is 0 Å². The molecule has 0 aromatic heterocycles. The van der Waals surface area contributed by atoms with E-state index in [1.54, 1.807) is 36.4 Å². The lowest BCUT2D eigenvalue weighted by Gasteiger charge is -2.32. The van der Waals surface area contributed by atoms with Crippen LogP contribution in [0.4, 0.5) is 0 Å². The molecule has 0 saturated carbocycles. The van der Waals surface area contributed by atoms with Crippen LogP contribution in [-0.2, 0) is 25.7 Å². The molecule has 0 unspecified atom stereocenters. The quantitative estimate of drug-likeness (QED) is 0.721. The predicted octanol–water partition coefficient (Wildman–Crippen LogP) is 3.60. The summed E-state index contributed by atoms with van der Waals surface area (Å²) in [5.74, 6) is -0.620. The molecule has 162 valence electrons. The fraction of sp³-hybridized carbons (Fsp3) is 0.240. The maximum Gasteiger partial charge on any atom is 0.340 e. The molecule has 7 nitrogen and oxygen atoms in total. The summed E-state index contributed by atoms with van der Waals surface area (Å²) in [5, 5.41) is 9.35. The van der Waals surface area contributed by atoms with Crippen molar-refractivity contribution in [2.24, 2.45) is 5.73 Å². The van der Waals surface area contributed by atoms with Gasteiger partial charge in [-0.25, -0.2) is 4.79 Å². The molecule has 0 radical (unpaired) electrons. The van der Waals surface area contributed by atoms with Gasteiger partial charge in [0.2, 0.25) is 5.88 Å². The van der Waals surface area contributed by atoms with Crippen LogP contribution in [0.5, 0.6) is 5.75 Å². The van der Waals surface area contributed by atoms with Crippen molar-refractivity contribution in [2.75, 3.05) is 7.11 Å². The average molecular weight is 430 g/mol. The Morgan fingerprint density at radius 1 is 1.19 bits per heavy atom. The molecule has 1 aliphatic carbocycles. The van der Waals surface area contributed by atoms with E-state index in [9.17, 15) is 14.9 Å². The van der Waals surface area contributed by atoms with E-state index in [0.717, 1.165) is 5.56 Å². The van der Waals surface area contributed by atoms with Gasteiger partial charge in [-0.1, -0.05) is 36.4 Å². The summed E-state index contributed by atoms with van der Waals surface area (Å²) in [7, 11) is 1.26. The molecule has 1 aliphatic heterocycles. The first-order valence-corrected chi connectivity index (χ1v) is 10.3. The number of para-hydroxylation sites is 1. The molecule has 2 N–H and O–H groups in total. The molecule has 2 aromatic rings. The summed E-state index contributed by atoms with van der Waals surface area (Å²) in [6.45, 7) is 0.149. The molecule has 1 heterocycles. The van der Waals surface area contributed by atoms with E-state index in [-0.39, 0.29) is 23.8 Å². The Bertz CT molecular complexity index is 1190. The van der Waals surface area contributed by atoms with Crippen molar-refractivity contribution >= 4 is 11.8 Å². The number of nitriles is 1. The molecule has 0 bridgehead atoms. The van der Waals surface area contributed by atoms with E-state index >= 15 is 0 Å². The number of carbonyl (C=O) groups is 2. The van der Waals surface area contributed by atoms with Gasteiger partial charge in [-0.05, 0) is 18.6 Å². The minimum Gasteiger partial charge on any atom is -0.489 e. The van der Waals surface area contributed by atoms with Gasteiger partial charge in [-0.15, -0.1) is 0 Å². The number of hydrogen-bond donors (Lipinski definition) is 1. The Morgan fingerprint density at radius 3 is 2.72 bits per heavy atom. The van der Waals surface area contributed by atoms with Crippen molar-refractivity contribution in [2.45, 2.75) is 31.8 Å². The molecular formula is C25H22N2O5. The summed E-state index contributed by atoms with van der Waals surface area (Å²) in [4.78, 5) is 25.6. The van der Waals surface area contributed by atoms with Gasteiger partial charge in [0.05, 0.1) is 24.7 Å². The van der Waals surface area contributed by atoms with Crippen LogP contribution in [0.25, 0.3) is 0 Å². The van der Waals surface area contributed by atoms with Gasteiger partial charge < -0.3 is 19.9 Å². The molecule has 0 amide bonds. The van der Waals surface area contributed by atoms with Crippen molar-refractivity contribution in [1.82, 2.24) is 0 Å². The predicted molar refractivity (Wildman–Crippen MR) is 115 cm³/mol. The van der Waals surface area contributed by atoms with Crippen LogP contribution in [0.15, 0.2) is 71.3 Å². The lowest BCUT2D eigenvalue weighted by atomic mass is 9.77. The van der Waals surface area contributed by atoms with Gasteiger partial charge in [0.25, 0.3) is 0 Å². The number of nitrogens with zero attached hydrogens (tertiary/aromatic N) is 1. The first kappa shape index (κ1) is 21.2. The van der Waals surface area contributed by atoms with Gasteiger partial charge in [0.15, 0.2) is 5.78 Å². The largest absolute Gasteiger partial charge is 0.489 e. The number of Topliss-reactive ketones (excluding diaryl/α,β-unsaturated/α-hetero) is 1. The van der Waals surface area contributed by atoms with E-state index in [0.29, 0.717) is 47.5 Å². The number of benzene rings is 2. The maximum atomic E-state index is 12.9. The number of ketones is 1. The van der Waals surface area contributed by atoms with Crippen LogP contribution in [0.2, 0.25) is 0 Å². The van der Waals surface area contributed by atoms with Crippen LogP contribution in [0, 0.1) is 11.3 Å². The summed E-state index contributed by atoms with van der Waals surface area (Å²) in [6, 6.07) is 16.5. The Kier molecular flexibility index (Phi) is 5.95. The molecule has 2 aliphatic rings. The number of ether oxygens (including phenoxy) is 3. The van der Waals surface area contributed by atoms with E-state index in [1.165, 1.54) is 7.11 Å². The van der Waals surface area contributed by atoms with Gasteiger partial charge in [-0.3, -0.25) is 4.79 Å². The highest BCUT2D eigenvalue weighted by atomic mass is 16.5. The van der Waals surface area contributed by atoms with Crippen molar-refractivity contribution in [1.29, 1.82) is 5.26 Å². The molecule has 32 heavy (non-hydrogen) atoms. The average Bonchev–Trinajstić information content (AvgIpc) is 2.82. The molecule has 0 spiro atoms. The third-order valence-electron chi connectivity index (χ3n) is 5.64. The number of nitrogens with two attached hydrogens (primary N) is 1. The lowest BCUT2D eigenvalue weighted by Crippen LogP contribution is -2.31. The molecule has 2 aromatic carbocycles. The van der Waals surface area contributed by atoms with Crippen LogP contribution in [0.1, 0.15) is 41.9 Å². The molecule has 4 rings (SSSR count). The number of rotatable bonds is 5. The molecule has 0 saturated heterocycles. The highest BCUT2D eigenvalue weighted by Crippen LogP contribution is 2.46. The zero-order chi connectivity index (χ0) is 22.7. The summed E-state index contributed by atoms with van der Waals surface area (Å²) in [5.41, 5.74) is 8.47. The summed E-state index contributed by atoms with van der Waals surface area (Å²) >= 11 is 0. The van der Waals surface area contributed by atoms with Gasteiger partial charge in [-0.2, -0.15) is 5.26 Å². The Hall–Kier alpha value is -4.05. The topological polar surface area (TPSA) is 112 Å². The second kappa shape index (κ2) is 8.98. The first-order valence-electron chi connectivity index (χ1n) is 10.3. The second-order valence-electron chi connectivity index (χ2n) is 7.51. The number of methoxy groups -OCH3 is 1. The minimum atomic E-state index is -0.763. The molecule has 7 heteroatoms. The number of carbonyl (C=O) groups excluding carboxylic acids is 2. The Labute approximate surface area is 185 Å². The maximum absolute atomic E-state index is 12.9. The zero-order valence-electron chi connectivity index (χ0n) is 17.6. The van der Waals surface area contributed by atoms with Crippen molar-refractivity contribution in [3.05, 3.63) is 88.0 Å². The van der Waals surface area contributed by atoms with Crippen LogP contribution >= 0.6 is 0 Å². The summed E-state index contributed by atoms with van der Waals surface area (Å²) < 4.78 is 16.7. The molecule has 0 fully saturated rings. The SMILES string of the molecule is COC(=O)C1=C(N)OC2=C(C(=O)CCC2)[C@@H]1c1ccccc1OCc1ccccc1C#N.